The van der Waals surface area contributed by atoms with Crippen molar-refractivity contribution in [1.82, 2.24) is 0 Å². The molecular weight excluding hydrogens is 224 g/mol. The molecule has 0 atom stereocenters. The third-order valence-electron chi connectivity index (χ3n) is 2.95. The van der Waals surface area contributed by atoms with Crippen LogP contribution in [-0.2, 0) is 4.43 Å². The van der Waals surface area contributed by atoms with Gasteiger partial charge in [0, 0.05) is 12.7 Å². The largest absolute Gasteiger partial charge is 0.416 e. The van der Waals surface area contributed by atoms with E-state index in [1.165, 1.54) is 0 Å². The minimum Gasteiger partial charge on any atom is -0.416 e. The lowest BCUT2D eigenvalue weighted by atomic mass is 10.2. The first-order chi connectivity index (χ1) is 7.81. The first kappa shape index (κ1) is 15.8. The summed E-state index contributed by atoms with van der Waals surface area (Å²) in [6.45, 7) is 12.0. The van der Waals surface area contributed by atoms with Crippen molar-refractivity contribution in [2.75, 3.05) is 6.61 Å². The highest BCUT2D eigenvalue weighted by molar-refractivity contribution is 6.74. The van der Waals surface area contributed by atoms with Crippen molar-refractivity contribution >= 4 is 8.32 Å². The molecule has 17 heavy (non-hydrogen) atoms. The SMILES string of the molecule is C#CC#CC=C=CCCO[Si](C)(C)C(C)(C)C. The van der Waals surface area contributed by atoms with Crippen LogP contribution in [0.2, 0.25) is 18.1 Å². The number of terminal acetylenes is 1. The molecule has 0 saturated heterocycles. The van der Waals surface area contributed by atoms with E-state index in [-0.39, 0.29) is 5.04 Å². The molecule has 0 saturated carbocycles. The first-order valence-electron chi connectivity index (χ1n) is 5.81. The summed E-state index contributed by atoms with van der Waals surface area (Å²) in [7, 11) is -1.60. The molecule has 0 rings (SSSR count). The minimum atomic E-state index is -1.60. The zero-order chi connectivity index (χ0) is 13.4. The highest BCUT2D eigenvalue weighted by Crippen LogP contribution is 2.36. The van der Waals surface area contributed by atoms with E-state index < -0.39 is 8.32 Å². The molecule has 0 N–H and O–H groups in total. The van der Waals surface area contributed by atoms with Gasteiger partial charge in [-0.2, -0.15) is 0 Å². The zero-order valence-corrected chi connectivity index (χ0v) is 12.6. The molecule has 92 valence electrons. The Morgan fingerprint density at radius 1 is 1.29 bits per heavy atom. The van der Waals surface area contributed by atoms with Crippen LogP contribution < -0.4 is 0 Å². The van der Waals surface area contributed by atoms with E-state index in [0.29, 0.717) is 0 Å². The molecule has 0 spiro atoms. The Bertz CT molecular complexity index is 387. The second-order valence-corrected chi connectivity index (χ2v) is 10.1. The van der Waals surface area contributed by atoms with Gasteiger partial charge >= 0.3 is 0 Å². The van der Waals surface area contributed by atoms with E-state index in [1.54, 1.807) is 6.08 Å². The molecule has 0 aromatic rings. The number of rotatable bonds is 4. The zero-order valence-electron chi connectivity index (χ0n) is 11.6. The predicted octanol–water partition coefficient (Wildman–Crippen LogP) is 3.75. The van der Waals surface area contributed by atoms with Crippen LogP contribution in [0.3, 0.4) is 0 Å². The van der Waals surface area contributed by atoms with Crippen LogP contribution in [0.15, 0.2) is 17.9 Å². The van der Waals surface area contributed by atoms with Gasteiger partial charge < -0.3 is 4.43 Å². The maximum Gasteiger partial charge on any atom is 0.191 e. The third kappa shape index (κ3) is 6.87. The monoisotopic (exact) mass is 246 g/mol. The Morgan fingerprint density at radius 3 is 2.47 bits per heavy atom. The van der Waals surface area contributed by atoms with Crippen molar-refractivity contribution in [3.8, 4) is 24.2 Å². The predicted molar refractivity (Wildman–Crippen MR) is 77.0 cm³/mol. The van der Waals surface area contributed by atoms with Crippen molar-refractivity contribution < 1.29 is 4.43 Å². The molecule has 0 amide bonds. The topological polar surface area (TPSA) is 9.23 Å². The summed E-state index contributed by atoms with van der Waals surface area (Å²) in [4.78, 5) is 0. The Morgan fingerprint density at radius 2 is 1.94 bits per heavy atom. The molecule has 0 radical (unpaired) electrons. The fourth-order valence-electron chi connectivity index (χ4n) is 0.851. The third-order valence-corrected chi connectivity index (χ3v) is 7.49. The average Bonchev–Trinajstić information content (AvgIpc) is 2.20. The maximum absolute atomic E-state index is 6.01. The average molecular weight is 246 g/mol. The molecule has 0 aromatic heterocycles. The van der Waals surface area contributed by atoms with Crippen LogP contribution in [0.4, 0.5) is 0 Å². The van der Waals surface area contributed by atoms with E-state index in [0.717, 1.165) is 13.0 Å². The molecule has 0 unspecified atom stereocenters. The van der Waals surface area contributed by atoms with Crippen molar-refractivity contribution in [3.05, 3.63) is 17.9 Å². The van der Waals surface area contributed by atoms with Crippen LogP contribution in [0.1, 0.15) is 27.2 Å². The van der Waals surface area contributed by atoms with Crippen molar-refractivity contribution in [1.29, 1.82) is 0 Å². The Labute approximate surface area is 107 Å². The van der Waals surface area contributed by atoms with Crippen LogP contribution in [0.5, 0.6) is 0 Å². The lowest BCUT2D eigenvalue weighted by molar-refractivity contribution is 0.294. The van der Waals surface area contributed by atoms with Gasteiger partial charge in [-0.3, -0.25) is 0 Å². The standard InChI is InChI=1S/C15H22OSi/c1-7-8-9-10-11-12-13-14-16-17(5,6)15(2,3)4/h1,10,12H,13-14H2,2-6H3. The highest BCUT2D eigenvalue weighted by atomic mass is 28.4. The van der Waals surface area contributed by atoms with Crippen LogP contribution in [0, 0.1) is 24.2 Å². The van der Waals surface area contributed by atoms with Gasteiger partial charge in [0.05, 0.1) is 0 Å². The van der Waals surface area contributed by atoms with Gasteiger partial charge in [-0.1, -0.05) is 26.7 Å². The Balaban J connectivity index is 4.03. The second-order valence-electron chi connectivity index (χ2n) is 5.33. The summed E-state index contributed by atoms with van der Waals surface area (Å²) >= 11 is 0. The molecule has 0 aromatic carbocycles. The van der Waals surface area contributed by atoms with Gasteiger partial charge in [0.25, 0.3) is 0 Å². The fourth-order valence-corrected chi connectivity index (χ4v) is 1.91. The van der Waals surface area contributed by atoms with Gasteiger partial charge in [0.15, 0.2) is 8.32 Å². The molecule has 0 aliphatic rings. The smallest absolute Gasteiger partial charge is 0.191 e. The molecule has 0 aliphatic carbocycles. The Hall–Kier alpha value is -1.18. The number of hydrogen-bond donors (Lipinski definition) is 0. The first-order valence-corrected chi connectivity index (χ1v) is 8.71. The molecule has 0 heterocycles. The maximum atomic E-state index is 6.01. The quantitative estimate of drug-likeness (QED) is 0.318. The van der Waals surface area contributed by atoms with Gasteiger partial charge in [0.2, 0.25) is 0 Å². The van der Waals surface area contributed by atoms with Crippen molar-refractivity contribution in [2.24, 2.45) is 0 Å². The van der Waals surface area contributed by atoms with Gasteiger partial charge in [-0.05, 0) is 42.5 Å². The van der Waals surface area contributed by atoms with E-state index >= 15 is 0 Å². The molecule has 2 heteroatoms. The summed E-state index contributed by atoms with van der Waals surface area (Å²) < 4.78 is 6.01. The summed E-state index contributed by atoms with van der Waals surface area (Å²) in [6, 6.07) is 0. The van der Waals surface area contributed by atoms with E-state index in [2.05, 4.69) is 57.4 Å². The van der Waals surface area contributed by atoms with Gasteiger partial charge in [-0.15, -0.1) is 12.2 Å². The summed E-state index contributed by atoms with van der Waals surface area (Å²) in [6.07, 6.45) is 9.40. The van der Waals surface area contributed by atoms with E-state index in [1.807, 2.05) is 6.08 Å². The van der Waals surface area contributed by atoms with Crippen LogP contribution in [0.25, 0.3) is 0 Å². The molecule has 0 aliphatic heterocycles. The second kappa shape index (κ2) is 7.20. The van der Waals surface area contributed by atoms with Gasteiger partial charge in [0.1, 0.15) is 0 Å². The lowest BCUT2D eigenvalue weighted by Crippen LogP contribution is -2.40. The minimum absolute atomic E-state index is 0.269. The normalized spacial score (nSPS) is 10.6. The number of hydrogen-bond acceptors (Lipinski definition) is 1. The summed E-state index contributed by atoms with van der Waals surface area (Å²) in [5, 5.41) is 0.269. The van der Waals surface area contributed by atoms with Gasteiger partial charge in [-0.25, -0.2) is 0 Å². The molecular formula is C15H22OSi. The van der Waals surface area contributed by atoms with E-state index in [4.69, 9.17) is 10.8 Å². The van der Waals surface area contributed by atoms with E-state index in [9.17, 15) is 0 Å². The Kier molecular flexibility index (Phi) is 6.70. The lowest BCUT2D eigenvalue weighted by Gasteiger charge is -2.36. The van der Waals surface area contributed by atoms with Crippen LogP contribution >= 0.6 is 0 Å². The highest BCUT2D eigenvalue weighted by Gasteiger charge is 2.36. The molecule has 1 nitrogen and oxygen atoms in total. The molecule has 0 bridgehead atoms. The summed E-state index contributed by atoms with van der Waals surface area (Å²) in [5.74, 6) is 7.42. The van der Waals surface area contributed by atoms with Crippen molar-refractivity contribution in [2.45, 2.75) is 45.3 Å². The van der Waals surface area contributed by atoms with Crippen molar-refractivity contribution in [3.63, 3.8) is 0 Å². The fraction of sp³-hybridized carbons (Fsp3) is 0.533. The summed E-state index contributed by atoms with van der Waals surface area (Å²) in [5.41, 5.74) is 2.96. The van der Waals surface area contributed by atoms with Crippen LogP contribution in [-0.4, -0.2) is 14.9 Å². The molecule has 0 fully saturated rings.